The number of anilines is 2. The van der Waals surface area contributed by atoms with Gasteiger partial charge in [0.1, 0.15) is 11.9 Å². The minimum absolute atomic E-state index is 0.0650. The molecule has 1 unspecified atom stereocenters. The Bertz CT molecular complexity index is 1400. The van der Waals surface area contributed by atoms with Crippen molar-refractivity contribution in [2.75, 3.05) is 17.2 Å². The van der Waals surface area contributed by atoms with Crippen molar-refractivity contribution in [1.82, 2.24) is 0 Å². The van der Waals surface area contributed by atoms with Crippen LogP contribution in [-0.2, 0) is 22.2 Å². The lowest BCUT2D eigenvalue weighted by molar-refractivity contribution is -0.137. The van der Waals surface area contributed by atoms with E-state index in [1.807, 2.05) is 6.92 Å². The zero-order valence-corrected chi connectivity index (χ0v) is 20.4. The number of nitrogens with one attached hydrogen (secondary N) is 2. The fourth-order valence-electron chi connectivity index (χ4n) is 4.07. The van der Waals surface area contributed by atoms with Gasteiger partial charge in [-0.05, 0) is 60.0 Å². The summed E-state index contributed by atoms with van der Waals surface area (Å²) >= 11 is 0. The lowest BCUT2D eigenvalue weighted by Gasteiger charge is -2.23. The summed E-state index contributed by atoms with van der Waals surface area (Å²) in [7, 11) is 0. The number of fused-ring (bicyclic) bond motifs is 1. The van der Waals surface area contributed by atoms with E-state index in [1.54, 1.807) is 48.5 Å². The lowest BCUT2D eigenvalue weighted by Crippen LogP contribution is -2.34. The van der Waals surface area contributed by atoms with Crippen LogP contribution in [0.15, 0.2) is 85.0 Å². The van der Waals surface area contributed by atoms with Gasteiger partial charge in [0.2, 0.25) is 5.91 Å². The number of ether oxygens (including phenoxy) is 1. The van der Waals surface area contributed by atoms with Crippen molar-refractivity contribution in [1.29, 1.82) is 0 Å². The van der Waals surface area contributed by atoms with Crippen LogP contribution in [0, 0.1) is 0 Å². The summed E-state index contributed by atoms with van der Waals surface area (Å²) in [6.45, 7) is 2.30. The van der Waals surface area contributed by atoms with Crippen molar-refractivity contribution >= 4 is 28.8 Å². The highest BCUT2D eigenvalue weighted by Crippen LogP contribution is 2.33. The maximum atomic E-state index is 13.1. The van der Waals surface area contributed by atoms with Crippen LogP contribution in [0.4, 0.5) is 24.5 Å². The Morgan fingerprint density at radius 3 is 2.55 bits per heavy atom. The van der Waals surface area contributed by atoms with Gasteiger partial charge in [-0.15, -0.1) is 0 Å². The van der Waals surface area contributed by atoms with Crippen LogP contribution in [0.25, 0.3) is 5.57 Å². The van der Waals surface area contributed by atoms with Crippen LogP contribution in [0.2, 0.25) is 0 Å². The van der Waals surface area contributed by atoms with Crippen LogP contribution in [0.3, 0.4) is 0 Å². The third kappa shape index (κ3) is 6.30. The van der Waals surface area contributed by atoms with E-state index in [9.17, 15) is 27.9 Å². The summed E-state index contributed by atoms with van der Waals surface area (Å²) in [5, 5.41) is 15.2. The van der Waals surface area contributed by atoms with Gasteiger partial charge in [-0.2, -0.15) is 13.2 Å². The number of halogens is 3. The molecule has 196 valence electrons. The van der Waals surface area contributed by atoms with Crippen molar-refractivity contribution in [3.05, 3.63) is 107 Å². The predicted molar refractivity (Wildman–Crippen MR) is 139 cm³/mol. The highest BCUT2D eigenvalue weighted by Gasteiger charge is 2.30. The summed E-state index contributed by atoms with van der Waals surface area (Å²) in [6.07, 6.45) is -1.18. The van der Waals surface area contributed by atoms with Gasteiger partial charge in [-0.1, -0.05) is 42.5 Å². The van der Waals surface area contributed by atoms with E-state index >= 15 is 0 Å². The average molecular weight is 523 g/mol. The molecule has 3 aromatic carbocycles. The highest BCUT2D eigenvalue weighted by molar-refractivity contribution is 6.03. The zero-order chi connectivity index (χ0) is 27.3. The number of carbonyl (C=O) groups is 2. The Morgan fingerprint density at radius 2 is 1.84 bits per heavy atom. The number of alkyl halides is 3. The van der Waals surface area contributed by atoms with Gasteiger partial charge in [0.05, 0.1) is 12.2 Å². The molecular weight excluding hydrogens is 497 g/mol. The molecule has 3 N–H and O–H groups in total. The van der Waals surface area contributed by atoms with Crippen molar-refractivity contribution in [2.45, 2.75) is 25.6 Å². The number of allylic oxidation sites excluding steroid dienone is 2. The summed E-state index contributed by atoms with van der Waals surface area (Å²) in [5.41, 5.74) is 2.63. The SMILES string of the molecule is CCOc1cccc(/C(=C/C=C/C(=O)Nc2cccc3c2CC(O)C(=O)N3)c2ccc(C(F)(F)F)cc2)c1. The minimum atomic E-state index is -4.45. The van der Waals surface area contributed by atoms with Gasteiger partial charge in [0.25, 0.3) is 5.91 Å². The van der Waals surface area contributed by atoms with Crippen molar-refractivity contribution in [3.63, 3.8) is 0 Å². The first-order chi connectivity index (χ1) is 18.2. The molecule has 0 aliphatic carbocycles. The first-order valence-electron chi connectivity index (χ1n) is 11.9. The molecule has 0 radical (unpaired) electrons. The molecule has 4 rings (SSSR count). The summed E-state index contributed by atoms with van der Waals surface area (Å²) in [6, 6.07) is 16.9. The molecule has 38 heavy (non-hydrogen) atoms. The van der Waals surface area contributed by atoms with Crippen molar-refractivity contribution < 1.29 is 32.6 Å². The number of benzene rings is 3. The zero-order valence-electron chi connectivity index (χ0n) is 20.4. The molecule has 1 heterocycles. The first-order valence-corrected chi connectivity index (χ1v) is 11.9. The third-order valence-electron chi connectivity index (χ3n) is 5.88. The lowest BCUT2D eigenvalue weighted by atomic mass is 9.96. The molecule has 0 aromatic heterocycles. The van der Waals surface area contributed by atoms with E-state index in [1.165, 1.54) is 24.3 Å². The van der Waals surface area contributed by atoms with Gasteiger partial charge in [0.15, 0.2) is 0 Å². The Morgan fingerprint density at radius 1 is 1.11 bits per heavy atom. The number of carbonyl (C=O) groups excluding carboxylic acids is 2. The minimum Gasteiger partial charge on any atom is -0.494 e. The second-order valence-corrected chi connectivity index (χ2v) is 8.51. The van der Waals surface area contributed by atoms with Crippen molar-refractivity contribution in [2.24, 2.45) is 0 Å². The largest absolute Gasteiger partial charge is 0.494 e. The Labute approximate surface area is 217 Å². The molecule has 0 spiro atoms. The van der Waals surface area contributed by atoms with Crippen LogP contribution in [0.5, 0.6) is 5.75 Å². The number of hydrogen-bond acceptors (Lipinski definition) is 4. The second-order valence-electron chi connectivity index (χ2n) is 8.51. The van der Waals surface area contributed by atoms with E-state index in [0.29, 0.717) is 46.0 Å². The average Bonchev–Trinajstić information content (AvgIpc) is 2.88. The Balaban J connectivity index is 1.61. The smallest absolute Gasteiger partial charge is 0.416 e. The topological polar surface area (TPSA) is 87.7 Å². The molecule has 0 saturated carbocycles. The van der Waals surface area contributed by atoms with E-state index in [0.717, 1.165) is 12.1 Å². The van der Waals surface area contributed by atoms with E-state index in [2.05, 4.69) is 10.6 Å². The molecule has 0 saturated heterocycles. The van der Waals surface area contributed by atoms with E-state index in [4.69, 9.17) is 4.74 Å². The van der Waals surface area contributed by atoms with E-state index < -0.39 is 29.7 Å². The van der Waals surface area contributed by atoms with Gasteiger partial charge in [-0.3, -0.25) is 9.59 Å². The molecule has 1 aliphatic rings. The quantitative estimate of drug-likeness (QED) is 0.279. The second kappa shape index (κ2) is 11.4. The molecule has 0 bridgehead atoms. The molecule has 3 aromatic rings. The molecule has 0 fully saturated rings. The standard InChI is InChI=1S/C29H25F3N2O4/c1-2-38-21-7-3-6-19(16-21)22(18-12-14-20(15-13-18)29(30,31)32)8-4-11-27(36)33-24-9-5-10-25-23(24)17-26(35)28(37)34-25/h3-16,26,35H,2,17H2,1H3,(H,33,36)(H,34,37)/b11-4+,22-8+. The van der Waals surface area contributed by atoms with Gasteiger partial charge in [0, 0.05) is 29.4 Å². The molecule has 6 nitrogen and oxygen atoms in total. The van der Waals surface area contributed by atoms with Gasteiger partial charge in [-0.25, -0.2) is 0 Å². The molecule has 1 aliphatic heterocycles. The number of hydrogen-bond donors (Lipinski definition) is 3. The Kier molecular flexibility index (Phi) is 7.97. The summed E-state index contributed by atoms with van der Waals surface area (Å²) in [4.78, 5) is 24.4. The number of aliphatic hydroxyl groups excluding tert-OH is 1. The maximum absolute atomic E-state index is 13.1. The van der Waals surface area contributed by atoms with E-state index in [-0.39, 0.29) is 6.42 Å². The van der Waals surface area contributed by atoms with Crippen LogP contribution in [-0.4, -0.2) is 29.6 Å². The Hall–Kier alpha value is -4.37. The first kappa shape index (κ1) is 26.7. The monoisotopic (exact) mass is 522 g/mol. The normalized spacial score (nSPS) is 15.7. The van der Waals surface area contributed by atoms with Gasteiger partial charge >= 0.3 is 6.18 Å². The van der Waals surface area contributed by atoms with Gasteiger partial charge < -0.3 is 20.5 Å². The number of amides is 2. The van der Waals surface area contributed by atoms with Crippen LogP contribution < -0.4 is 15.4 Å². The van der Waals surface area contributed by atoms with Crippen molar-refractivity contribution in [3.8, 4) is 5.75 Å². The fraction of sp³-hybridized carbons (Fsp3) is 0.172. The maximum Gasteiger partial charge on any atom is 0.416 e. The third-order valence-corrected chi connectivity index (χ3v) is 5.88. The highest BCUT2D eigenvalue weighted by atomic mass is 19.4. The molecule has 1 atom stereocenters. The molecular formula is C29H25F3N2O4. The molecule has 2 amide bonds. The summed E-state index contributed by atoms with van der Waals surface area (Å²) < 4.78 is 44.8. The fourth-order valence-corrected chi connectivity index (χ4v) is 4.07. The van der Waals surface area contributed by atoms with Crippen LogP contribution >= 0.6 is 0 Å². The molecule has 9 heteroatoms. The van der Waals surface area contributed by atoms with Crippen LogP contribution in [0.1, 0.15) is 29.2 Å². The number of rotatable bonds is 7. The number of aliphatic hydroxyl groups is 1. The summed E-state index contributed by atoms with van der Waals surface area (Å²) in [5.74, 6) is -0.362. The predicted octanol–water partition coefficient (Wildman–Crippen LogP) is 5.59.